The molecule has 0 spiro atoms. The number of thiazole rings is 1. The second kappa shape index (κ2) is 5.08. The lowest BCUT2D eigenvalue weighted by Crippen LogP contribution is -1.99. The number of aromatic nitrogens is 1. The molecular weight excluding hydrogens is 287 g/mol. The lowest BCUT2D eigenvalue weighted by atomic mass is 10.0. The molecule has 0 saturated heterocycles. The number of benzene rings is 1. The molecule has 0 saturated carbocycles. The van der Waals surface area contributed by atoms with Crippen molar-refractivity contribution in [1.82, 2.24) is 4.98 Å². The molecule has 0 atom stereocenters. The maximum Gasteiger partial charge on any atom is 0.187 e. The van der Waals surface area contributed by atoms with E-state index in [1.54, 1.807) is 17.4 Å². The number of hydrogen-bond donors (Lipinski definition) is 1. The summed E-state index contributed by atoms with van der Waals surface area (Å²) in [5, 5.41) is 5.37. The molecule has 1 N–H and O–H groups in total. The Hall–Kier alpha value is -0.770. The van der Waals surface area contributed by atoms with Crippen molar-refractivity contribution < 1.29 is 0 Å². The Labute approximate surface area is 120 Å². The lowest BCUT2D eigenvalue weighted by Gasteiger charge is -2.06. The van der Waals surface area contributed by atoms with Crippen molar-refractivity contribution in [3.63, 3.8) is 0 Å². The zero-order valence-electron chi connectivity index (χ0n) is 9.67. The minimum atomic E-state index is 0.558. The molecule has 0 radical (unpaired) electrons. The molecule has 1 aromatic carbocycles. The zero-order valence-corrected chi connectivity index (χ0v) is 12.0. The first-order valence-electron chi connectivity index (χ1n) is 5.93. The van der Waals surface area contributed by atoms with Crippen LogP contribution in [0.25, 0.3) is 0 Å². The van der Waals surface area contributed by atoms with E-state index >= 15 is 0 Å². The smallest absolute Gasteiger partial charge is 0.187 e. The topological polar surface area (TPSA) is 24.9 Å². The first kappa shape index (κ1) is 12.3. The average molecular weight is 299 g/mol. The lowest BCUT2D eigenvalue weighted by molar-refractivity contribution is 0.683. The van der Waals surface area contributed by atoms with E-state index in [0.29, 0.717) is 10.0 Å². The third-order valence-corrected chi connectivity index (χ3v) is 4.83. The normalized spacial score (nSPS) is 14.3. The molecule has 3 rings (SSSR count). The number of nitrogens with zero attached hydrogens (tertiary/aromatic N) is 1. The summed E-state index contributed by atoms with van der Waals surface area (Å²) in [4.78, 5) is 6.05. The Kier molecular flexibility index (Phi) is 3.46. The minimum absolute atomic E-state index is 0.558. The van der Waals surface area contributed by atoms with Gasteiger partial charge in [0.05, 0.1) is 15.7 Å². The van der Waals surface area contributed by atoms with Gasteiger partial charge in [0.2, 0.25) is 0 Å². The van der Waals surface area contributed by atoms with E-state index in [2.05, 4.69) is 10.3 Å². The molecule has 5 heteroatoms. The third kappa shape index (κ3) is 2.48. The first-order chi connectivity index (χ1) is 8.72. The van der Waals surface area contributed by atoms with Crippen molar-refractivity contribution in [2.45, 2.75) is 25.7 Å². The molecule has 2 nitrogen and oxygen atoms in total. The number of nitrogens with one attached hydrogen (secondary N) is 1. The van der Waals surface area contributed by atoms with Crippen molar-refractivity contribution in [1.29, 1.82) is 0 Å². The SMILES string of the molecule is Clc1ccc(Nc2nc3c(s2)CCCC3)cc1Cl. The van der Waals surface area contributed by atoms with Crippen LogP contribution in [0.1, 0.15) is 23.4 Å². The Balaban J connectivity index is 1.83. The quantitative estimate of drug-likeness (QED) is 0.837. The molecule has 18 heavy (non-hydrogen) atoms. The van der Waals surface area contributed by atoms with Gasteiger partial charge in [0.15, 0.2) is 5.13 Å². The molecule has 0 aliphatic heterocycles. The zero-order chi connectivity index (χ0) is 12.5. The van der Waals surface area contributed by atoms with Crippen molar-refractivity contribution in [2.75, 3.05) is 5.32 Å². The third-order valence-electron chi connectivity index (χ3n) is 3.02. The van der Waals surface area contributed by atoms with Crippen molar-refractivity contribution in [3.8, 4) is 0 Å². The monoisotopic (exact) mass is 298 g/mol. The summed E-state index contributed by atoms with van der Waals surface area (Å²) in [6.07, 6.45) is 4.80. The summed E-state index contributed by atoms with van der Waals surface area (Å²) in [5.74, 6) is 0. The van der Waals surface area contributed by atoms with E-state index in [0.717, 1.165) is 23.7 Å². The molecule has 1 aliphatic rings. The predicted molar refractivity (Wildman–Crippen MR) is 78.5 cm³/mol. The largest absolute Gasteiger partial charge is 0.331 e. The fourth-order valence-electron chi connectivity index (χ4n) is 2.10. The first-order valence-corrected chi connectivity index (χ1v) is 7.50. The van der Waals surface area contributed by atoms with Gasteiger partial charge in [0.25, 0.3) is 0 Å². The van der Waals surface area contributed by atoms with Gasteiger partial charge in [-0.3, -0.25) is 0 Å². The van der Waals surface area contributed by atoms with Crippen LogP contribution in [0.15, 0.2) is 18.2 Å². The van der Waals surface area contributed by atoms with Gasteiger partial charge in [0.1, 0.15) is 0 Å². The Morgan fingerprint density at radius 3 is 2.72 bits per heavy atom. The van der Waals surface area contributed by atoms with Gasteiger partial charge in [-0.15, -0.1) is 11.3 Å². The van der Waals surface area contributed by atoms with Gasteiger partial charge in [-0.1, -0.05) is 23.2 Å². The molecule has 0 amide bonds. The van der Waals surface area contributed by atoms with E-state index in [9.17, 15) is 0 Å². The maximum absolute atomic E-state index is 5.99. The highest BCUT2D eigenvalue weighted by Gasteiger charge is 2.15. The Morgan fingerprint density at radius 1 is 1.11 bits per heavy atom. The summed E-state index contributed by atoms with van der Waals surface area (Å²) in [6, 6.07) is 5.53. The van der Waals surface area contributed by atoms with Crippen LogP contribution >= 0.6 is 34.5 Å². The molecule has 1 aliphatic carbocycles. The van der Waals surface area contributed by atoms with Crippen molar-refractivity contribution >= 4 is 45.4 Å². The van der Waals surface area contributed by atoms with E-state index < -0.39 is 0 Å². The maximum atomic E-state index is 5.99. The second-order valence-electron chi connectivity index (χ2n) is 4.35. The number of hydrogen-bond acceptors (Lipinski definition) is 3. The number of anilines is 2. The number of aryl methyl sites for hydroxylation is 2. The fourth-order valence-corrected chi connectivity index (χ4v) is 3.47. The second-order valence-corrected chi connectivity index (χ2v) is 6.25. The molecule has 94 valence electrons. The van der Waals surface area contributed by atoms with Crippen LogP contribution in [0.5, 0.6) is 0 Å². The van der Waals surface area contributed by atoms with Crippen LogP contribution in [-0.2, 0) is 12.8 Å². The Bertz CT molecular complexity index is 557. The highest BCUT2D eigenvalue weighted by atomic mass is 35.5. The molecule has 2 aromatic rings. The molecular formula is C13H12Cl2N2S. The summed E-state index contributed by atoms with van der Waals surface area (Å²) >= 11 is 13.6. The highest BCUT2D eigenvalue weighted by Crippen LogP contribution is 2.32. The standard InChI is InChI=1S/C13H12Cl2N2S/c14-9-6-5-8(7-10(9)15)16-13-17-11-3-1-2-4-12(11)18-13/h5-7H,1-4H2,(H,16,17). The van der Waals surface area contributed by atoms with Gasteiger partial charge in [-0.2, -0.15) is 0 Å². The van der Waals surface area contributed by atoms with E-state index in [1.165, 1.54) is 23.4 Å². The van der Waals surface area contributed by atoms with Crippen molar-refractivity contribution in [2.24, 2.45) is 0 Å². The van der Waals surface area contributed by atoms with Crippen molar-refractivity contribution in [3.05, 3.63) is 38.8 Å². The number of fused-ring (bicyclic) bond motifs is 1. The fraction of sp³-hybridized carbons (Fsp3) is 0.308. The van der Waals surface area contributed by atoms with Crippen LogP contribution < -0.4 is 5.32 Å². The summed E-state index contributed by atoms with van der Waals surface area (Å²) in [5.41, 5.74) is 2.18. The van der Waals surface area contributed by atoms with Crippen LogP contribution in [0, 0.1) is 0 Å². The van der Waals surface area contributed by atoms with Gasteiger partial charge in [-0.05, 0) is 43.9 Å². The predicted octanol–water partition coefficient (Wildman–Crippen LogP) is 5.07. The molecule has 1 heterocycles. The summed E-state index contributed by atoms with van der Waals surface area (Å²) < 4.78 is 0. The number of rotatable bonds is 2. The average Bonchev–Trinajstić information content (AvgIpc) is 2.76. The highest BCUT2D eigenvalue weighted by molar-refractivity contribution is 7.15. The Morgan fingerprint density at radius 2 is 1.94 bits per heavy atom. The minimum Gasteiger partial charge on any atom is -0.331 e. The van der Waals surface area contributed by atoms with Gasteiger partial charge in [-0.25, -0.2) is 4.98 Å². The molecule has 0 unspecified atom stereocenters. The van der Waals surface area contributed by atoms with Crippen LogP contribution in [0.2, 0.25) is 10.0 Å². The molecule has 0 bridgehead atoms. The van der Waals surface area contributed by atoms with Gasteiger partial charge < -0.3 is 5.32 Å². The van der Waals surface area contributed by atoms with Crippen LogP contribution in [0.3, 0.4) is 0 Å². The summed E-state index contributed by atoms with van der Waals surface area (Å²) in [7, 11) is 0. The number of halogens is 2. The molecule has 0 fully saturated rings. The van der Waals surface area contributed by atoms with E-state index in [-0.39, 0.29) is 0 Å². The van der Waals surface area contributed by atoms with E-state index in [1.807, 2.05) is 12.1 Å². The van der Waals surface area contributed by atoms with Crippen LogP contribution in [0.4, 0.5) is 10.8 Å². The van der Waals surface area contributed by atoms with Gasteiger partial charge >= 0.3 is 0 Å². The van der Waals surface area contributed by atoms with E-state index in [4.69, 9.17) is 23.2 Å². The van der Waals surface area contributed by atoms with Crippen LogP contribution in [-0.4, -0.2) is 4.98 Å². The van der Waals surface area contributed by atoms with Gasteiger partial charge in [0, 0.05) is 10.6 Å². The molecule has 1 aromatic heterocycles. The summed E-state index contributed by atoms with van der Waals surface area (Å²) in [6.45, 7) is 0.